The average molecular weight is 275 g/mol. The number of aryl methyl sites for hydroxylation is 1. The van der Waals surface area contributed by atoms with Crippen molar-refractivity contribution in [3.8, 4) is 0 Å². The Balaban J connectivity index is 2.01. The molecule has 3 rings (SSSR count). The maximum atomic E-state index is 12.6. The fourth-order valence-corrected chi connectivity index (χ4v) is 2.47. The van der Waals surface area contributed by atoms with Crippen LogP contribution < -0.4 is 10.9 Å². The van der Waals surface area contributed by atoms with E-state index in [-0.39, 0.29) is 11.5 Å². The molecule has 20 heavy (non-hydrogen) atoms. The Labute approximate surface area is 115 Å². The number of nitrogens with one attached hydrogen (secondary N) is 2. The molecule has 0 aliphatic carbocycles. The molecule has 1 aliphatic heterocycles. The van der Waals surface area contributed by atoms with Gasteiger partial charge in [-0.15, -0.1) is 0 Å². The van der Waals surface area contributed by atoms with Crippen LogP contribution in [0, 0.1) is 6.92 Å². The SMILES string of the molecule is Cc1cc(=O)n2[nH]cc(C(=O)N3CCCNCC3)c2n1. The molecule has 3 heterocycles. The van der Waals surface area contributed by atoms with E-state index in [0.29, 0.717) is 23.4 Å². The van der Waals surface area contributed by atoms with E-state index in [4.69, 9.17) is 0 Å². The van der Waals surface area contributed by atoms with Crippen LogP contribution in [0.15, 0.2) is 17.1 Å². The zero-order valence-electron chi connectivity index (χ0n) is 11.3. The fraction of sp³-hybridized carbons (Fsp3) is 0.462. The number of carbonyl (C=O) groups is 1. The van der Waals surface area contributed by atoms with Crippen molar-refractivity contribution in [1.29, 1.82) is 0 Å². The summed E-state index contributed by atoms with van der Waals surface area (Å²) in [5.41, 5.74) is 1.26. The molecule has 0 radical (unpaired) electrons. The van der Waals surface area contributed by atoms with Crippen molar-refractivity contribution in [2.45, 2.75) is 13.3 Å². The predicted molar refractivity (Wildman–Crippen MR) is 73.9 cm³/mol. The number of carbonyl (C=O) groups excluding carboxylic acids is 1. The van der Waals surface area contributed by atoms with E-state index in [0.717, 1.165) is 26.1 Å². The molecule has 0 saturated carbocycles. The molecule has 106 valence electrons. The summed E-state index contributed by atoms with van der Waals surface area (Å²) in [6, 6.07) is 1.44. The first-order valence-electron chi connectivity index (χ1n) is 6.74. The maximum Gasteiger partial charge on any atom is 0.272 e. The van der Waals surface area contributed by atoms with Crippen molar-refractivity contribution in [3.05, 3.63) is 33.9 Å². The highest BCUT2D eigenvalue weighted by atomic mass is 16.2. The summed E-state index contributed by atoms with van der Waals surface area (Å²) < 4.78 is 1.30. The maximum absolute atomic E-state index is 12.6. The number of hydrogen-bond donors (Lipinski definition) is 2. The minimum atomic E-state index is -0.205. The first-order chi connectivity index (χ1) is 9.66. The van der Waals surface area contributed by atoms with Crippen molar-refractivity contribution >= 4 is 11.6 Å². The normalized spacial score (nSPS) is 16.4. The molecule has 0 unspecified atom stereocenters. The summed E-state index contributed by atoms with van der Waals surface area (Å²) in [5, 5.41) is 6.06. The Morgan fingerprint density at radius 1 is 1.35 bits per heavy atom. The monoisotopic (exact) mass is 275 g/mol. The summed E-state index contributed by atoms with van der Waals surface area (Å²) >= 11 is 0. The smallest absolute Gasteiger partial charge is 0.272 e. The van der Waals surface area contributed by atoms with E-state index in [2.05, 4.69) is 15.4 Å². The predicted octanol–water partition coefficient (Wildman–Crippen LogP) is -0.233. The number of aromatic nitrogens is 3. The van der Waals surface area contributed by atoms with Crippen LogP contribution in [0.2, 0.25) is 0 Å². The van der Waals surface area contributed by atoms with Crippen LogP contribution in [0.4, 0.5) is 0 Å². The third kappa shape index (κ3) is 2.20. The molecular weight excluding hydrogens is 258 g/mol. The van der Waals surface area contributed by atoms with E-state index in [1.54, 1.807) is 18.0 Å². The van der Waals surface area contributed by atoms with Gasteiger partial charge in [0.15, 0.2) is 5.65 Å². The third-order valence-corrected chi connectivity index (χ3v) is 3.48. The average Bonchev–Trinajstić information content (AvgIpc) is 2.66. The minimum Gasteiger partial charge on any atom is -0.337 e. The number of aromatic amines is 1. The topological polar surface area (TPSA) is 82.5 Å². The lowest BCUT2D eigenvalue weighted by atomic mass is 10.2. The molecule has 0 bridgehead atoms. The van der Waals surface area contributed by atoms with E-state index in [9.17, 15) is 9.59 Å². The molecule has 0 spiro atoms. The number of fused-ring (bicyclic) bond motifs is 1. The number of amides is 1. The summed E-state index contributed by atoms with van der Waals surface area (Å²) in [7, 11) is 0. The van der Waals surface area contributed by atoms with Gasteiger partial charge in [-0.3, -0.25) is 14.7 Å². The highest BCUT2D eigenvalue weighted by Crippen LogP contribution is 2.11. The van der Waals surface area contributed by atoms with Crippen molar-refractivity contribution < 1.29 is 4.79 Å². The van der Waals surface area contributed by atoms with E-state index in [1.165, 1.54) is 10.6 Å². The fourth-order valence-electron chi connectivity index (χ4n) is 2.47. The molecule has 1 aliphatic rings. The molecule has 0 atom stereocenters. The number of rotatable bonds is 1. The molecule has 2 N–H and O–H groups in total. The molecule has 0 aromatic carbocycles. The summed E-state index contributed by atoms with van der Waals surface area (Å²) in [6.45, 7) is 4.86. The molecule has 2 aromatic heterocycles. The Morgan fingerprint density at radius 3 is 3.05 bits per heavy atom. The minimum absolute atomic E-state index is 0.0787. The van der Waals surface area contributed by atoms with Gasteiger partial charge < -0.3 is 10.2 Å². The van der Waals surface area contributed by atoms with Gasteiger partial charge in [0, 0.05) is 37.6 Å². The second-order valence-electron chi connectivity index (χ2n) is 4.98. The van der Waals surface area contributed by atoms with Crippen molar-refractivity contribution in [2.75, 3.05) is 26.2 Å². The number of nitrogens with zero attached hydrogens (tertiary/aromatic N) is 3. The molecule has 7 nitrogen and oxygen atoms in total. The van der Waals surface area contributed by atoms with Crippen LogP contribution in [-0.4, -0.2) is 51.6 Å². The van der Waals surface area contributed by atoms with Crippen LogP contribution in [0.5, 0.6) is 0 Å². The van der Waals surface area contributed by atoms with Gasteiger partial charge in [0.1, 0.15) is 5.56 Å². The summed E-state index contributed by atoms with van der Waals surface area (Å²) in [5.74, 6) is -0.0787. The van der Waals surface area contributed by atoms with Crippen molar-refractivity contribution in [2.24, 2.45) is 0 Å². The molecular formula is C13H17N5O2. The Kier molecular flexibility index (Phi) is 3.27. The molecule has 1 saturated heterocycles. The zero-order chi connectivity index (χ0) is 14.1. The van der Waals surface area contributed by atoms with E-state index in [1.807, 2.05) is 0 Å². The highest BCUT2D eigenvalue weighted by molar-refractivity contribution is 5.99. The summed E-state index contributed by atoms with van der Waals surface area (Å²) in [4.78, 5) is 30.5. The Hall–Kier alpha value is -2.15. The van der Waals surface area contributed by atoms with E-state index >= 15 is 0 Å². The second-order valence-corrected chi connectivity index (χ2v) is 4.98. The lowest BCUT2D eigenvalue weighted by Crippen LogP contribution is -2.34. The zero-order valence-corrected chi connectivity index (χ0v) is 11.3. The second kappa shape index (κ2) is 5.09. The van der Waals surface area contributed by atoms with Crippen LogP contribution in [0.25, 0.3) is 5.65 Å². The quantitative estimate of drug-likeness (QED) is 0.753. The standard InChI is InChI=1S/C13H17N5O2/c1-9-7-11(19)18-12(16-9)10(8-15-18)13(20)17-5-2-3-14-4-6-17/h7-8,14-15H,2-6H2,1H3. The lowest BCUT2D eigenvalue weighted by molar-refractivity contribution is 0.0768. The lowest BCUT2D eigenvalue weighted by Gasteiger charge is -2.19. The van der Waals surface area contributed by atoms with Gasteiger partial charge in [-0.05, 0) is 19.9 Å². The van der Waals surface area contributed by atoms with Gasteiger partial charge in [0.2, 0.25) is 0 Å². The third-order valence-electron chi connectivity index (χ3n) is 3.48. The summed E-state index contributed by atoms with van der Waals surface area (Å²) in [6.07, 6.45) is 2.49. The molecule has 1 amide bonds. The highest BCUT2D eigenvalue weighted by Gasteiger charge is 2.21. The van der Waals surface area contributed by atoms with Crippen LogP contribution >= 0.6 is 0 Å². The molecule has 7 heteroatoms. The van der Waals surface area contributed by atoms with Crippen molar-refractivity contribution in [3.63, 3.8) is 0 Å². The Bertz CT molecular complexity index is 694. The van der Waals surface area contributed by atoms with Gasteiger partial charge in [-0.2, -0.15) is 0 Å². The van der Waals surface area contributed by atoms with Crippen LogP contribution in [0.1, 0.15) is 22.5 Å². The van der Waals surface area contributed by atoms with Gasteiger partial charge in [0.05, 0.1) is 0 Å². The van der Waals surface area contributed by atoms with Crippen LogP contribution in [-0.2, 0) is 0 Å². The van der Waals surface area contributed by atoms with Gasteiger partial charge in [0.25, 0.3) is 11.5 Å². The first kappa shape index (κ1) is 12.9. The molecule has 2 aromatic rings. The first-order valence-corrected chi connectivity index (χ1v) is 6.74. The van der Waals surface area contributed by atoms with Gasteiger partial charge >= 0.3 is 0 Å². The van der Waals surface area contributed by atoms with Crippen LogP contribution in [0.3, 0.4) is 0 Å². The molecule has 1 fully saturated rings. The van der Waals surface area contributed by atoms with Gasteiger partial charge in [-0.25, -0.2) is 9.50 Å². The number of hydrogen-bond acceptors (Lipinski definition) is 4. The van der Waals surface area contributed by atoms with Gasteiger partial charge in [-0.1, -0.05) is 0 Å². The van der Waals surface area contributed by atoms with Crippen molar-refractivity contribution in [1.82, 2.24) is 24.8 Å². The Morgan fingerprint density at radius 2 is 2.20 bits per heavy atom. The number of H-pyrrole nitrogens is 1. The largest absolute Gasteiger partial charge is 0.337 e. The van der Waals surface area contributed by atoms with E-state index < -0.39 is 0 Å².